The van der Waals surface area contributed by atoms with Crippen LogP contribution in [0.4, 0.5) is 0 Å². The number of ether oxygens (including phenoxy) is 1. The first-order chi connectivity index (χ1) is 10.5. The van der Waals surface area contributed by atoms with Gasteiger partial charge in [-0.2, -0.15) is 0 Å². The van der Waals surface area contributed by atoms with E-state index in [1.807, 2.05) is 0 Å². The lowest BCUT2D eigenvalue weighted by Crippen LogP contribution is -2.39. The Hall–Kier alpha value is -1.46. The summed E-state index contributed by atoms with van der Waals surface area (Å²) in [5.41, 5.74) is 0. The van der Waals surface area contributed by atoms with Gasteiger partial charge in [0.2, 0.25) is 5.91 Å². The molecule has 1 aromatic rings. The summed E-state index contributed by atoms with van der Waals surface area (Å²) in [5.74, 6) is -0.242. The van der Waals surface area contributed by atoms with E-state index in [9.17, 15) is 9.59 Å². The van der Waals surface area contributed by atoms with E-state index in [1.54, 1.807) is 12.1 Å². The fourth-order valence-electron chi connectivity index (χ4n) is 1.63. The molecule has 7 heteroatoms. The van der Waals surface area contributed by atoms with Gasteiger partial charge in [-0.15, -0.1) is 0 Å². The average molecular weight is 347 g/mol. The number of hydrogen-bond donors (Lipinski definition) is 2. The van der Waals surface area contributed by atoms with Crippen LogP contribution in [0.2, 0.25) is 10.0 Å². The maximum absolute atomic E-state index is 11.6. The maximum Gasteiger partial charge on any atom is 0.258 e. The van der Waals surface area contributed by atoms with Crippen LogP contribution in [0.3, 0.4) is 0 Å². The van der Waals surface area contributed by atoms with Gasteiger partial charge in [-0.05, 0) is 24.6 Å². The molecule has 0 saturated carbocycles. The standard InChI is InChI=1S/C15H20Cl2N2O3/c1-2-3-4-7-18-14(20)9-19-15(21)10-22-13-6-5-11(16)8-12(13)17/h5-6,8H,2-4,7,9-10H2,1H3,(H,18,20)(H,19,21). The van der Waals surface area contributed by atoms with E-state index in [2.05, 4.69) is 17.6 Å². The highest BCUT2D eigenvalue weighted by atomic mass is 35.5. The molecule has 1 aromatic carbocycles. The number of unbranched alkanes of at least 4 members (excludes halogenated alkanes) is 2. The van der Waals surface area contributed by atoms with Gasteiger partial charge in [-0.25, -0.2) is 0 Å². The monoisotopic (exact) mass is 346 g/mol. The van der Waals surface area contributed by atoms with Crippen LogP contribution < -0.4 is 15.4 Å². The molecule has 0 radical (unpaired) electrons. The summed E-state index contributed by atoms with van der Waals surface area (Å²) < 4.78 is 5.26. The van der Waals surface area contributed by atoms with Crippen LogP contribution in [0.15, 0.2) is 18.2 Å². The molecular weight excluding hydrogens is 327 g/mol. The van der Waals surface area contributed by atoms with Gasteiger partial charge < -0.3 is 15.4 Å². The van der Waals surface area contributed by atoms with E-state index < -0.39 is 5.91 Å². The Morgan fingerprint density at radius 3 is 2.59 bits per heavy atom. The van der Waals surface area contributed by atoms with Gasteiger partial charge in [-0.3, -0.25) is 9.59 Å². The predicted octanol–water partition coefficient (Wildman–Crippen LogP) is 2.79. The van der Waals surface area contributed by atoms with Gasteiger partial charge >= 0.3 is 0 Å². The normalized spacial score (nSPS) is 10.1. The average Bonchev–Trinajstić information content (AvgIpc) is 2.48. The first-order valence-corrected chi connectivity index (χ1v) is 7.89. The molecule has 22 heavy (non-hydrogen) atoms. The van der Waals surface area contributed by atoms with Crippen molar-refractivity contribution < 1.29 is 14.3 Å². The zero-order valence-corrected chi connectivity index (χ0v) is 14.0. The van der Waals surface area contributed by atoms with E-state index in [0.29, 0.717) is 22.3 Å². The highest BCUT2D eigenvalue weighted by Gasteiger charge is 2.08. The van der Waals surface area contributed by atoms with Gasteiger partial charge in [0.1, 0.15) is 5.75 Å². The van der Waals surface area contributed by atoms with Crippen LogP contribution in [0.5, 0.6) is 5.75 Å². The summed E-state index contributed by atoms with van der Waals surface area (Å²) in [6.07, 6.45) is 3.11. The van der Waals surface area contributed by atoms with Crippen molar-refractivity contribution >= 4 is 35.0 Å². The lowest BCUT2D eigenvalue weighted by atomic mass is 10.2. The van der Waals surface area contributed by atoms with Gasteiger partial charge in [0.25, 0.3) is 5.91 Å². The van der Waals surface area contributed by atoms with E-state index in [-0.39, 0.29) is 19.1 Å². The van der Waals surface area contributed by atoms with Crippen molar-refractivity contribution in [2.75, 3.05) is 19.7 Å². The molecule has 0 saturated heterocycles. The van der Waals surface area contributed by atoms with Crippen molar-refractivity contribution in [2.45, 2.75) is 26.2 Å². The van der Waals surface area contributed by atoms with Crippen molar-refractivity contribution in [1.29, 1.82) is 0 Å². The Balaban J connectivity index is 2.22. The molecule has 0 aliphatic heterocycles. The van der Waals surface area contributed by atoms with Crippen molar-refractivity contribution in [3.05, 3.63) is 28.2 Å². The van der Waals surface area contributed by atoms with Crippen LogP contribution in [0, 0.1) is 0 Å². The summed E-state index contributed by atoms with van der Waals surface area (Å²) >= 11 is 11.7. The van der Waals surface area contributed by atoms with Gasteiger partial charge in [0.15, 0.2) is 6.61 Å². The van der Waals surface area contributed by atoms with Gasteiger partial charge in [-0.1, -0.05) is 43.0 Å². The Bertz CT molecular complexity index is 510. The summed E-state index contributed by atoms with van der Waals surface area (Å²) in [6, 6.07) is 4.73. The number of hydrogen-bond acceptors (Lipinski definition) is 3. The molecule has 122 valence electrons. The summed E-state index contributed by atoms with van der Waals surface area (Å²) in [6.45, 7) is 2.43. The fraction of sp³-hybridized carbons (Fsp3) is 0.467. The number of carbonyl (C=O) groups is 2. The lowest BCUT2D eigenvalue weighted by Gasteiger charge is -2.09. The Morgan fingerprint density at radius 2 is 1.91 bits per heavy atom. The van der Waals surface area contributed by atoms with Crippen molar-refractivity contribution in [3.8, 4) is 5.75 Å². The Morgan fingerprint density at radius 1 is 1.14 bits per heavy atom. The summed E-state index contributed by atoms with van der Waals surface area (Å²) in [5, 5.41) is 6.03. The number of halogens is 2. The molecule has 2 amide bonds. The minimum atomic E-state index is -0.394. The first kappa shape index (κ1) is 18.6. The number of carbonyl (C=O) groups excluding carboxylic acids is 2. The minimum Gasteiger partial charge on any atom is -0.482 e. The quantitative estimate of drug-likeness (QED) is 0.675. The SMILES string of the molecule is CCCCCNC(=O)CNC(=O)COc1ccc(Cl)cc1Cl. The molecule has 0 spiro atoms. The van der Waals surface area contributed by atoms with E-state index in [4.69, 9.17) is 27.9 Å². The maximum atomic E-state index is 11.6. The van der Waals surface area contributed by atoms with Crippen LogP contribution in [-0.4, -0.2) is 31.5 Å². The molecule has 0 atom stereocenters. The molecule has 0 aromatic heterocycles. The van der Waals surface area contributed by atoms with Crippen molar-refractivity contribution in [2.24, 2.45) is 0 Å². The molecule has 1 rings (SSSR count). The second-order valence-electron chi connectivity index (χ2n) is 4.70. The molecule has 0 bridgehead atoms. The van der Waals surface area contributed by atoms with Crippen molar-refractivity contribution in [3.63, 3.8) is 0 Å². The molecular formula is C15H20Cl2N2O3. The van der Waals surface area contributed by atoms with Gasteiger partial charge in [0, 0.05) is 11.6 Å². The Kier molecular flexibility index (Phi) is 8.70. The van der Waals surface area contributed by atoms with Crippen LogP contribution in [0.25, 0.3) is 0 Å². The molecule has 5 nitrogen and oxygen atoms in total. The fourth-order valence-corrected chi connectivity index (χ4v) is 2.09. The zero-order valence-electron chi connectivity index (χ0n) is 12.5. The first-order valence-electron chi connectivity index (χ1n) is 7.14. The highest BCUT2D eigenvalue weighted by molar-refractivity contribution is 6.35. The zero-order chi connectivity index (χ0) is 16.4. The Labute approximate surface area is 140 Å². The molecule has 0 heterocycles. The predicted molar refractivity (Wildman–Crippen MR) is 87.5 cm³/mol. The van der Waals surface area contributed by atoms with Crippen LogP contribution in [0.1, 0.15) is 26.2 Å². The van der Waals surface area contributed by atoms with Crippen molar-refractivity contribution in [1.82, 2.24) is 10.6 Å². The second kappa shape index (κ2) is 10.3. The van der Waals surface area contributed by atoms with E-state index >= 15 is 0 Å². The summed E-state index contributed by atoms with van der Waals surface area (Å²) in [7, 11) is 0. The lowest BCUT2D eigenvalue weighted by molar-refractivity contribution is -0.127. The molecule has 0 aliphatic carbocycles. The number of rotatable bonds is 9. The smallest absolute Gasteiger partial charge is 0.258 e. The molecule has 0 unspecified atom stereocenters. The van der Waals surface area contributed by atoms with Crippen LogP contribution >= 0.6 is 23.2 Å². The number of nitrogens with one attached hydrogen (secondary N) is 2. The molecule has 0 aliphatic rings. The third kappa shape index (κ3) is 7.52. The minimum absolute atomic E-state index is 0.0668. The summed E-state index contributed by atoms with van der Waals surface area (Å²) in [4.78, 5) is 23.1. The topological polar surface area (TPSA) is 67.4 Å². The largest absolute Gasteiger partial charge is 0.482 e. The van der Waals surface area contributed by atoms with Gasteiger partial charge in [0.05, 0.1) is 11.6 Å². The highest BCUT2D eigenvalue weighted by Crippen LogP contribution is 2.27. The molecule has 2 N–H and O–H groups in total. The van der Waals surface area contributed by atoms with Crippen LogP contribution in [-0.2, 0) is 9.59 Å². The van der Waals surface area contributed by atoms with E-state index in [0.717, 1.165) is 19.3 Å². The third-order valence-electron chi connectivity index (χ3n) is 2.80. The molecule has 0 fully saturated rings. The van der Waals surface area contributed by atoms with E-state index in [1.165, 1.54) is 6.07 Å². The second-order valence-corrected chi connectivity index (χ2v) is 5.54. The third-order valence-corrected chi connectivity index (χ3v) is 3.33. The number of amides is 2. The number of benzene rings is 1.